The summed E-state index contributed by atoms with van der Waals surface area (Å²) in [5, 5.41) is 8.75. The van der Waals surface area contributed by atoms with Crippen LogP contribution < -0.4 is 0 Å². The molecule has 2 aliphatic rings. The summed E-state index contributed by atoms with van der Waals surface area (Å²) < 4.78 is 15.1. The molecule has 0 radical (unpaired) electrons. The lowest BCUT2D eigenvalue weighted by atomic mass is 10.0. The second-order valence-electron chi connectivity index (χ2n) is 5.05. The monoisotopic (exact) mass is 260 g/mol. The van der Waals surface area contributed by atoms with E-state index in [2.05, 4.69) is 13.8 Å². The Bertz CT molecular complexity index is 174. The molecule has 4 heteroatoms. The van der Waals surface area contributed by atoms with Crippen molar-refractivity contribution in [1.82, 2.24) is 0 Å². The van der Waals surface area contributed by atoms with E-state index in [9.17, 15) is 0 Å². The number of hydrogen-bond acceptors (Lipinski definition) is 4. The van der Waals surface area contributed by atoms with Crippen LogP contribution >= 0.6 is 0 Å². The zero-order valence-corrected chi connectivity index (χ0v) is 11.8. The van der Waals surface area contributed by atoms with Crippen LogP contribution in [-0.2, 0) is 14.2 Å². The second-order valence-corrected chi connectivity index (χ2v) is 5.05. The molecule has 0 aliphatic carbocycles. The zero-order chi connectivity index (χ0) is 13.2. The van der Waals surface area contributed by atoms with Gasteiger partial charge in [0, 0.05) is 6.61 Å². The van der Waals surface area contributed by atoms with Gasteiger partial charge in [0.25, 0.3) is 0 Å². The Hall–Kier alpha value is -0.160. The Morgan fingerprint density at radius 3 is 2.06 bits per heavy atom. The molecule has 0 aromatic rings. The van der Waals surface area contributed by atoms with Crippen molar-refractivity contribution < 1.29 is 19.3 Å². The van der Waals surface area contributed by atoms with Gasteiger partial charge in [-0.2, -0.15) is 0 Å². The summed E-state index contributed by atoms with van der Waals surface area (Å²) in [6, 6.07) is 0. The summed E-state index contributed by atoms with van der Waals surface area (Å²) in [4.78, 5) is 0. The summed E-state index contributed by atoms with van der Waals surface area (Å²) >= 11 is 0. The van der Waals surface area contributed by atoms with Gasteiger partial charge in [0.15, 0.2) is 0 Å². The summed E-state index contributed by atoms with van der Waals surface area (Å²) in [6.07, 6.45) is 5.61. The van der Waals surface area contributed by atoms with Gasteiger partial charge >= 0.3 is 0 Å². The summed E-state index contributed by atoms with van der Waals surface area (Å²) in [5.74, 6) is 0.560. The number of aliphatic hydroxyl groups is 1. The number of ether oxygens (including phenoxy) is 3. The number of rotatable bonds is 9. The Balaban J connectivity index is 0.000000180. The predicted octanol–water partition coefficient (Wildman–Crippen LogP) is 2.00. The molecule has 0 saturated carbocycles. The predicted molar refractivity (Wildman–Crippen MR) is 70.7 cm³/mol. The zero-order valence-electron chi connectivity index (χ0n) is 11.8. The van der Waals surface area contributed by atoms with E-state index in [1.54, 1.807) is 0 Å². The molecule has 2 heterocycles. The highest BCUT2D eigenvalue weighted by Gasteiger charge is 2.26. The standard InChI is InChI=1S/C8H18O.C6H10O3/c1-3-5-6-8(4-2)7-9;1(5-3-8-5)7-2-6-4-9-6/h8-9H,3-7H2,1-2H3;5-6H,1-4H2. The fourth-order valence-corrected chi connectivity index (χ4v) is 1.58. The van der Waals surface area contributed by atoms with E-state index < -0.39 is 0 Å². The van der Waals surface area contributed by atoms with Gasteiger partial charge in [-0.3, -0.25) is 0 Å². The molecular weight excluding hydrogens is 232 g/mol. The van der Waals surface area contributed by atoms with Gasteiger partial charge in [-0.15, -0.1) is 0 Å². The molecule has 18 heavy (non-hydrogen) atoms. The molecule has 0 aromatic heterocycles. The van der Waals surface area contributed by atoms with Gasteiger partial charge in [0.2, 0.25) is 0 Å². The van der Waals surface area contributed by atoms with Crippen LogP contribution in [0.5, 0.6) is 0 Å². The molecule has 3 unspecified atom stereocenters. The third-order valence-corrected chi connectivity index (χ3v) is 3.21. The highest BCUT2D eigenvalue weighted by Crippen LogP contribution is 2.12. The molecule has 1 N–H and O–H groups in total. The SMILES string of the molecule is C(OCC1CO1)C1CO1.CCCCC(CC)CO. The van der Waals surface area contributed by atoms with E-state index in [4.69, 9.17) is 19.3 Å². The summed E-state index contributed by atoms with van der Waals surface area (Å²) in [6.45, 7) is 7.95. The highest BCUT2D eigenvalue weighted by atomic mass is 16.6. The second kappa shape index (κ2) is 9.73. The lowest BCUT2D eigenvalue weighted by Gasteiger charge is -2.08. The molecule has 0 bridgehead atoms. The third kappa shape index (κ3) is 8.86. The van der Waals surface area contributed by atoms with Crippen molar-refractivity contribution in [3.63, 3.8) is 0 Å². The lowest BCUT2D eigenvalue weighted by molar-refractivity contribution is 0.102. The Morgan fingerprint density at radius 2 is 1.72 bits per heavy atom. The maximum atomic E-state index is 8.75. The molecule has 2 aliphatic heterocycles. The smallest absolute Gasteiger partial charge is 0.104 e. The lowest BCUT2D eigenvalue weighted by Crippen LogP contribution is -2.06. The largest absolute Gasteiger partial charge is 0.396 e. The van der Waals surface area contributed by atoms with Crippen LogP contribution in [0.4, 0.5) is 0 Å². The van der Waals surface area contributed by atoms with Gasteiger partial charge in [-0.25, -0.2) is 0 Å². The average molecular weight is 260 g/mol. The van der Waals surface area contributed by atoms with E-state index in [0.717, 1.165) is 32.8 Å². The highest BCUT2D eigenvalue weighted by molar-refractivity contribution is 4.71. The molecule has 3 atom stereocenters. The van der Waals surface area contributed by atoms with Crippen molar-refractivity contribution in [3.05, 3.63) is 0 Å². The van der Waals surface area contributed by atoms with Gasteiger partial charge < -0.3 is 19.3 Å². The number of unbranched alkanes of at least 4 members (excludes halogenated alkanes) is 1. The molecular formula is C14H28O4. The van der Waals surface area contributed by atoms with Crippen LogP contribution in [0.3, 0.4) is 0 Å². The third-order valence-electron chi connectivity index (χ3n) is 3.21. The minimum absolute atomic E-state index is 0.372. The van der Waals surface area contributed by atoms with E-state index in [1.807, 2.05) is 0 Å². The van der Waals surface area contributed by atoms with Crippen molar-refractivity contribution in [2.24, 2.45) is 5.92 Å². The van der Waals surface area contributed by atoms with Gasteiger partial charge in [-0.1, -0.05) is 33.1 Å². The number of hydrogen-bond donors (Lipinski definition) is 1. The van der Waals surface area contributed by atoms with E-state index in [0.29, 0.717) is 24.7 Å². The van der Waals surface area contributed by atoms with Crippen molar-refractivity contribution in [1.29, 1.82) is 0 Å². The van der Waals surface area contributed by atoms with Crippen LogP contribution in [-0.4, -0.2) is 50.3 Å². The fraction of sp³-hybridized carbons (Fsp3) is 1.00. The molecule has 0 aromatic carbocycles. The minimum Gasteiger partial charge on any atom is -0.396 e. The maximum absolute atomic E-state index is 8.75. The van der Waals surface area contributed by atoms with E-state index >= 15 is 0 Å². The molecule has 2 fully saturated rings. The molecule has 4 nitrogen and oxygen atoms in total. The maximum Gasteiger partial charge on any atom is 0.104 e. The number of aliphatic hydroxyl groups excluding tert-OH is 1. The van der Waals surface area contributed by atoms with Crippen LogP contribution in [0, 0.1) is 5.92 Å². The first-order chi connectivity index (χ1) is 8.80. The molecule has 0 amide bonds. The van der Waals surface area contributed by atoms with Crippen molar-refractivity contribution >= 4 is 0 Å². The normalized spacial score (nSPS) is 26.2. The first-order valence-electron chi connectivity index (χ1n) is 7.21. The topological polar surface area (TPSA) is 54.5 Å². The molecule has 0 spiro atoms. The molecule has 2 rings (SSSR count). The van der Waals surface area contributed by atoms with Gasteiger partial charge in [-0.05, 0) is 12.3 Å². The first-order valence-corrected chi connectivity index (χ1v) is 7.21. The Morgan fingerprint density at radius 1 is 1.17 bits per heavy atom. The van der Waals surface area contributed by atoms with Crippen LogP contribution in [0.2, 0.25) is 0 Å². The minimum atomic E-state index is 0.372. The number of epoxide rings is 2. The van der Waals surface area contributed by atoms with Crippen LogP contribution in [0.1, 0.15) is 39.5 Å². The van der Waals surface area contributed by atoms with Gasteiger partial charge in [0.1, 0.15) is 12.2 Å². The van der Waals surface area contributed by atoms with Crippen LogP contribution in [0.25, 0.3) is 0 Å². The fourth-order valence-electron chi connectivity index (χ4n) is 1.58. The quantitative estimate of drug-likeness (QED) is 0.644. The van der Waals surface area contributed by atoms with Gasteiger partial charge in [0.05, 0.1) is 26.4 Å². The Labute approximate surface area is 111 Å². The molecule has 108 valence electrons. The first kappa shape index (κ1) is 15.9. The van der Waals surface area contributed by atoms with Crippen molar-refractivity contribution in [2.45, 2.75) is 51.7 Å². The van der Waals surface area contributed by atoms with E-state index in [1.165, 1.54) is 19.3 Å². The van der Waals surface area contributed by atoms with E-state index in [-0.39, 0.29) is 0 Å². The van der Waals surface area contributed by atoms with Crippen LogP contribution in [0.15, 0.2) is 0 Å². The molecule has 2 saturated heterocycles. The summed E-state index contributed by atoms with van der Waals surface area (Å²) in [7, 11) is 0. The summed E-state index contributed by atoms with van der Waals surface area (Å²) in [5.41, 5.74) is 0. The Kier molecular flexibility index (Phi) is 8.59. The average Bonchev–Trinajstić information content (AvgIpc) is 3.26. The van der Waals surface area contributed by atoms with Crippen molar-refractivity contribution in [3.8, 4) is 0 Å². The van der Waals surface area contributed by atoms with Crippen molar-refractivity contribution in [2.75, 3.05) is 33.0 Å².